The van der Waals surface area contributed by atoms with E-state index in [-0.39, 0.29) is 22.3 Å². The molecule has 3 heterocycles. The number of carbonyl (C=O) groups is 1. The first kappa shape index (κ1) is 23.1. The maximum Gasteiger partial charge on any atom is 0.297 e. The highest BCUT2D eigenvalue weighted by molar-refractivity contribution is 7.15. The normalized spacial score (nSPS) is 14.8. The van der Waals surface area contributed by atoms with Crippen molar-refractivity contribution in [3.63, 3.8) is 0 Å². The Morgan fingerprint density at radius 2 is 1.78 bits per heavy atom. The minimum Gasteiger partial charge on any atom is -0.489 e. The summed E-state index contributed by atoms with van der Waals surface area (Å²) in [6.45, 7) is 4.21. The zero-order chi connectivity index (χ0) is 25.7. The van der Waals surface area contributed by atoms with E-state index in [9.17, 15) is 14.0 Å². The van der Waals surface area contributed by atoms with Crippen molar-refractivity contribution in [2.24, 2.45) is 0 Å². The van der Waals surface area contributed by atoms with Gasteiger partial charge in [-0.1, -0.05) is 42.5 Å². The van der Waals surface area contributed by atoms with Crippen molar-refractivity contribution in [3.05, 3.63) is 122 Å². The van der Waals surface area contributed by atoms with Crippen LogP contribution in [0.3, 0.4) is 0 Å². The second-order valence-electron chi connectivity index (χ2n) is 8.87. The monoisotopic (exact) mass is 512 g/mol. The van der Waals surface area contributed by atoms with E-state index in [1.54, 1.807) is 12.1 Å². The van der Waals surface area contributed by atoms with Crippen molar-refractivity contribution in [3.8, 4) is 5.75 Å². The standard InChI is InChI=1S/C29H21FN2O4S/c1-16-17(2)37-29(31-16)32-25(19-8-11-21(12-9-19)35-15-18-6-4-3-5-7-18)24-26(33)22-14-20(30)10-13-23(22)36-27(24)28(32)34/h3-14,25H,15H2,1-2H3. The maximum absolute atomic E-state index is 14.0. The second kappa shape index (κ2) is 8.97. The van der Waals surface area contributed by atoms with Gasteiger partial charge in [0.15, 0.2) is 10.6 Å². The van der Waals surface area contributed by atoms with Crippen molar-refractivity contribution in [2.75, 3.05) is 4.90 Å². The molecule has 6 nitrogen and oxygen atoms in total. The zero-order valence-corrected chi connectivity index (χ0v) is 20.8. The highest BCUT2D eigenvalue weighted by Crippen LogP contribution is 2.43. The molecule has 1 aliphatic rings. The topological polar surface area (TPSA) is 72.6 Å². The van der Waals surface area contributed by atoms with Crippen LogP contribution in [0.4, 0.5) is 9.52 Å². The van der Waals surface area contributed by atoms with E-state index in [0.717, 1.165) is 22.2 Å². The number of nitrogens with zero attached hydrogens (tertiary/aromatic N) is 2. The number of halogens is 1. The molecule has 8 heteroatoms. The van der Waals surface area contributed by atoms with Crippen molar-refractivity contribution in [1.82, 2.24) is 4.98 Å². The average Bonchev–Trinajstić information content (AvgIpc) is 3.39. The van der Waals surface area contributed by atoms with Crippen LogP contribution in [0, 0.1) is 19.7 Å². The molecule has 0 aliphatic carbocycles. The number of carbonyl (C=O) groups excluding carboxylic acids is 1. The van der Waals surface area contributed by atoms with Crippen LogP contribution in [0.2, 0.25) is 0 Å². The number of aromatic nitrogens is 1. The summed E-state index contributed by atoms with van der Waals surface area (Å²) in [4.78, 5) is 34.3. The van der Waals surface area contributed by atoms with Crippen LogP contribution in [0.1, 0.15) is 43.9 Å². The first-order valence-corrected chi connectivity index (χ1v) is 12.5. The Morgan fingerprint density at radius 1 is 1.03 bits per heavy atom. The van der Waals surface area contributed by atoms with Gasteiger partial charge in [-0.25, -0.2) is 9.37 Å². The molecular formula is C29H21FN2O4S. The van der Waals surface area contributed by atoms with E-state index >= 15 is 0 Å². The molecule has 2 aromatic heterocycles. The highest BCUT2D eigenvalue weighted by atomic mass is 32.1. The number of hydrogen-bond acceptors (Lipinski definition) is 6. The van der Waals surface area contributed by atoms with Gasteiger partial charge < -0.3 is 9.15 Å². The molecule has 1 unspecified atom stereocenters. The fraction of sp³-hybridized carbons (Fsp3) is 0.138. The number of anilines is 1. The summed E-state index contributed by atoms with van der Waals surface area (Å²) >= 11 is 1.37. The number of benzene rings is 3. The lowest BCUT2D eigenvalue weighted by atomic mass is 9.98. The van der Waals surface area contributed by atoms with E-state index in [1.165, 1.54) is 28.4 Å². The van der Waals surface area contributed by atoms with Gasteiger partial charge in [0.25, 0.3) is 5.91 Å². The highest BCUT2D eigenvalue weighted by Gasteiger charge is 2.45. The molecule has 0 bridgehead atoms. The molecule has 184 valence electrons. The minimum atomic E-state index is -0.778. The number of thiazole rings is 1. The summed E-state index contributed by atoms with van der Waals surface area (Å²) < 4.78 is 25.8. The van der Waals surface area contributed by atoms with Crippen molar-refractivity contribution < 1.29 is 18.3 Å². The van der Waals surface area contributed by atoms with E-state index in [1.807, 2.05) is 56.3 Å². The zero-order valence-electron chi connectivity index (χ0n) is 20.0. The van der Waals surface area contributed by atoms with E-state index in [2.05, 4.69) is 4.98 Å². The van der Waals surface area contributed by atoms with Crippen LogP contribution in [-0.2, 0) is 6.61 Å². The number of ether oxygens (including phenoxy) is 1. The molecule has 0 saturated carbocycles. The third-order valence-electron chi connectivity index (χ3n) is 6.50. The third-order valence-corrected chi connectivity index (χ3v) is 7.57. The number of hydrogen-bond donors (Lipinski definition) is 0. The number of fused-ring (bicyclic) bond motifs is 2. The van der Waals surface area contributed by atoms with Crippen LogP contribution in [0.15, 0.2) is 82.0 Å². The van der Waals surface area contributed by atoms with E-state index in [4.69, 9.17) is 9.15 Å². The lowest BCUT2D eigenvalue weighted by molar-refractivity contribution is 0.0971. The first-order chi connectivity index (χ1) is 17.9. The van der Waals surface area contributed by atoms with Crippen LogP contribution in [-0.4, -0.2) is 10.9 Å². The molecular weight excluding hydrogens is 491 g/mol. The third kappa shape index (κ3) is 3.99. The molecule has 3 aromatic carbocycles. The van der Waals surface area contributed by atoms with Gasteiger partial charge in [0.05, 0.1) is 22.7 Å². The Labute approximate surface area is 215 Å². The maximum atomic E-state index is 14.0. The summed E-state index contributed by atoms with van der Waals surface area (Å²) in [6.07, 6.45) is 0. The number of aryl methyl sites for hydroxylation is 2. The molecule has 6 rings (SSSR count). The fourth-order valence-corrected chi connectivity index (χ4v) is 5.44. The van der Waals surface area contributed by atoms with Crippen LogP contribution < -0.4 is 15.1 Å². The molecule has 37 heavy (non-hydrogen) atoms. The van der Waals surface area contributed by atoms with Gasteiger partial charge in [-0.15, -0.1) is 11.3 Å². The predicted molar refractivity (Wildman–Crippen MR) is 140 cm³/mol. The van der Waals surface area contributed by atoms with Gasteiger partial charge in [0.1, 0.15) is 23.8 Å². The van der Waals surface area contributed by atoms with Gasteiger partial charge >= 0.3 is 0 Å². The van der Waals surface area contributed by atoms with E-state index < -0.39 is 23.2 Å². The van der Waals surface area contributed by atoms with Gasteiger partial charge in [-0.3, -0.25) is 14.5 Å². The summed E-state index contributed by atoms with van der Waals surface area (Å²) in [7, 11) is 0. The summed E-state index contributed by atoms with van der Waals surface area (Å²) in [5, 5.41) is 0.558. The first-order valence-electron chi connectivity index (χ1n) is 11.7. The molecule has 0 radical (unpaired) electrons. The molecule has 1 atom stereocenters. The summed E-state index contributed by atoms with van der Waals surface area (Å²) in [6, 6.07) is 20.0. The van der Waals surface area contributed by atoms with Gasteiger partial charge in [-0.2, -0.15) is 0 Å². The number of amides is 1. The Kier molecular flexibility index (Phi) is 5.61. The molecule has 0 spiro atoms. The lowest BCUT2D eigenvalue weighted by Crippen LogP contribution is -2.29. The average molecular weight is 513 g/mol. The van der Waals surface area contributed by atoms with E-state index in [0.29, 0.717) is 23.1 Å². The fourth-order valence-electron chi connectivity index (χ4n) is 4.50. The molecule has 1 aliphatic heterocycles. The Bertz CT molecular complexity index is 1690. The number of rotatable bonds is 5. The Balaban J connectivity index is 1.45. The molecule has 0 fully saturated rings. The van der Waals surface area contributed by atoms with Gasteiger partial charge in [0, 0.05) is 4.88 Å². The molecule has 1 amide bonds. The molecule has 0 saturated heterocycles. The Hall–Kier alpha value is -4.30. The Morgan fingerprint density at radius 3 is 2.49 bits per heavy atom. The minimum absolute atomic E-state index is 0.0518. The van der Waals surface area contributed by atoms with Gasteiger partial charge in [0.2, 0.25) is 5.76 Å². The van der Waals surface area contributed by atoms with Crippen molar-refractivity contribution >= 4 is 33.3 Å². The molecule has 5 aromatic rings. The van der Waals surface area contributed by atoms with Crippen molar-refractivity contribution in [2.45, 2.75) is 26.5 Å². The molecule has 0 N–H and O–H groups in total. The quantitative estimate of drug-likeness (QED) is 0.275. The predicted octanol–water partition coefficient (Wildman–Crippen LogP) is 6.33. The largest absolute Gasteiger partial charge is 0.489 e. The van der Waals surface area contributed by atoms with Gasteiger partial charge in [-0.05, 0) is 55.3 Å². The van der Waals surface area contributed by atoms with Crippen LogP contribution in [0.5, 0.6) is 5.75 Å². The SMILES string of the molecule is Cc1nc(N2C(=O)c3oc4ccc(F)cc4c(=O)c3C2c2ccc(OCc3ccccc3)cc2)sc1C. The summed E-state index contributed by atoms with van der Waals surface area (Å²) in [5.74, 6) is -0.411. The smallest absolute Gasteiger partial charge is 0.297 e. The van der Waals surface area contributed by atoms with Crippen LogP contribution in [0.25, 0.3) is 11.0 Å². The summed E-state index contributed by atoms with van der Waals surface area (Å²) in [5.41, 5.74) is 2.43. The van der Waals surface area contributed by atoms with Crippen LogP contribution >= 0.6 is 11.3 Å². The van der Waals surface area contributed by atoms with Crippen molar-refractivity contribution in [1.29, 1.82) is 0 Å². The lowest BCUT2D eigenvalue weighted by Gasteiger charge is -2.22. The second-order valence-corrected chi connectivity index (χ2v) is 10.1.